The number of nitrogens with zero attached hydrogens (tertiary/aromatic N) is 2. The highest BCUT2D eigenvalue weighted by atomic mass is 16.2. The van der Waals surface area contributed by atoms with Crippen molar-refractivity contribution in [2.75, 3.05) is 13.1 Å². The molecule has 0 bridgehead atoms. The zero-order valence-electron chi connectivity index (χ0n) is 12.4. The van der Waals surface area contributed by atoms with Gasteiger partial charge in [0, 0.05) is 13.1 Å². The molecular weight excluding hydrogens is 240 g/mol. The summed E-state index contributed by atoms with van der Waals surface area (Å²) >= 11 is 0. The number of piperazine rings is 1. The van der Waals surface area contributed by atoms with Crippen LogP contribution in [0.4, 0.5) is 0 Å². The van der Waals surface area contributed by atoms with Gasteiger partial charge >= 0.3 is 0 Å². The summed E-state index contributed by atoms with van der Waals surface area (Å²) in [6.07, 6.45) is 5.08. The lowest BCUT2D eigenvalue weighted by Gasteiger charge is -2.44. The summed E-state index contributed by atoms with van der Waals surface area (Å²) in [6.45, 7) is 7.74. The van der Waals surface area contributed by atoms with E-state index in [9.17, 15) is 9.59 Å². The van der Waals surface area contributed by atoms with Gasteiger partial charge < -0.3 is 9.80 Å². The maximum atomic E-state index is 12.6. The Morgan fingerprint density at radius 3 is 2.58 bits per heavy atom. The highest BCUT2D eigenvalue weighted by molar-refractivity contribution is 5.97. The van der Waals surface area contributed by atoms with E-state index in [-0.39, 0.29) is 29.8 Å². The molecule has 4 nitrogen and oxygen atoms in total. The van der Waals surface area contributed by atoms with Gasteiger partial charge in [0.25, 0.3) is 0 Å². The van der Waals surface area contributed by atoms with Crippen LogP contribution in [0.15, 0.2) is 0 Å². The van der Waals surface area contributed by atoms with E-state index >= 15 is 0 Å². The summed E-state index contributed by atoms with van der Waals surface area (Å²) in [4.78, 5) is 28.9. The quantitative estimate of drug-likeness (QED) is 0.714. The summed E-state index contributed by atoms with van der Waals surface area (Å²) in [5.74, 6) is 0.556. The third kappa shape index (κ3) is 2.63. The van der Waals surface area contributed by atoms with E-state index in [1.165, 1.54) is 0 Å². The van der Waals surface area contributed by atoms with Crippen molar-refractivity contribution >= 4 is 11.8 Å². The highest BCUT2D eigenvalue weighted by Gasteiger charge is 2.48. The van der Waals surface area contributed by atoms with Gasteiger partial charge in [0.05, 0.1) is 0 Å². The average molecular weight is 266 g/mol. The maximum absolute atomic E-state index is 12.6. The molecule has 0 aromatic heterocycles. The zero-order chi connectivity index (χ0) is 14.0. The summed E-state index contributed by atoms with van der Waals surface area (Å²) in [5.41, 5.74) is 0. The lowest BCUT2D eigenvalue weighted by molar-refractivity contribution is -0.161. The van der Waals surface area contributed by atoms with Crippen LogP contribution in [0.1, 0.15) is 52.9 Å². The van der Waals surface area contributed by atoms with Crippen LogP contribution in [0.3, 0.4) is 0 Å². The predicted molar refractivity (Wildman–Crippen MR) is 74.6 cm³/mol. The first kappa shape index (κ1) is 14.4. The van der Waals surface area contributed by atoms with E-state index < -0.39 is 0 Å². The average Bonchev–Trinajstić information content (AvgIpc) is 2.84. The number of carbonyl (C=O) groups excluding carboxylic acids is 2. The minimum Gasteiger partial charge on any atom is -0.329 e. The van der Waals surface area contributed by atoms with Gasteiger partial charge in [-0.15, -0.1) is 0 Å². The normalized spacial score (nSPS) is 27.4. The van der Waals surface area contributed by atoms with Crippen LogP contribution in [-0.2, 0) is 9.59 Å². The molecule has 2 fully saturated rings. The van der Waals surface area contributed by atoms with Crippen molar-refractivity contribution in [3.63, 3.8) is 0 Å². The molecule has 0 aliphatic carbocycles. The first-order chi connectivity index (χ1) is 9.07. The first-order valence-corrected chi connectivity index (χ1v) is 7.69. The van der Waals surface area contributed by atoms with Crippen LogP contribution in [0.25, 0.3) is 0 Å². The van der Waals surface area contributed by atoms with Crippen molar-refractivity contribution in [1.82, 2.24) is 9.80 Å². The lowest BCUT2D eigenvalue weighted by Crippen LogP contribution is -2.64. The Balaban J connectivity index is 2.16. The van der Waals surface area contributed by atoms with Gasteiger partial charge in [-0.3, -0.25) is 9.59 Å². The molecule has 2 amide bonds. The van der Waals surface area contributed by atoms with Crippen molar-refractivity contribution in [1.29, 1.82) is 0 Å². The minimum absolute atomic E-state index is 0.163. The molecule has 0 spiro atoms. The Hall–Kier alpha value is -1.06. The molecule has 2 saturated heterocycles. The zero-order valence-corrected chi connectivity index (χ0v) is 12.4. The minimum atomic E-state index is -0.237. The van der Waals surface area contributed by atoms with Crippen molar-refractivity contribution in [2.24, 2.45) is 5.92 Å². The van der Waals surface area contributed by atoms with Crippen LogP contribution < -0.4 is 0 Å². The van der Waals surface area contributed by atoms with Gasteiger partial charge in [-0.25, -0.2) is 0 Å². The summed E-state index contributed by atoms with van der Waals surface area (Å²) in [6, 6.07) is -0.400. The van der Waals surface area contributed by atoms with Crippen LogP contribution >= 0.6 is 0 Å². The van der Waals surface area contributed by atoms with E-state index in [4.69, 9.17) is 0 Å². The molecule has 2 heterocycles. The Bertz CT molecular complexity index is 354. The Morgan fingerprint density at radius 1 is 1.21 bits per heavy atom. The molecule has 2 unspecified atom stereocenters. The van der Waals surface area contributed by atoms with Gasteiger partial charge in [0.15, 0.2) is 0 Å². The fourth-order valence-electron chi connectivity index (χ4n) is 3.35. The highest BCUT2D eigenvalue weighted by Crippen LogP contribution is 2.29. The maximum Gasteiger partial charge on any atom is 0.246 e. The fourth-order valence-corrected chi connectivity index (χ4v) is 3.35. The van der Waals surface area contributed by atoms with Crippen molar-refractivity contribution in [2.45, 2.75) is 65.0 Å². The second kappa shape index (κ2) is 5.93. The predicted octanol–water partition coefficient (Wildman–Crippen LogP) is 2.03. The molecular formula is C15H26N2O2. The van der Waals surface area contributed by atoms with E-state index in [0.29, 0.717) is 0 Å². The molecule has 0 radical (unpaired) electrons. The summed E-state index contributed by atoms with van der Waals surface area (Å²) in [5, 5.41) is 0. The number of fused-ring (bicyclic) bond motifs is 1. The van der Waals surface area contributed by atoms with Crippen LogP contribution in [0, 0.1) is 5.92 Å². The van der Waals surface area contributed by atoms with Crippen molar-refractivity contribution in [3.8, 4) is 0 Å². The summed E-state index contributed by atoms with van der Waals surface area (Å²) in [7, 11) is 0. The Morgan fingerprint density at radius 2 is 1.95 bits per heavy atom. The molecule has 0 N–H and O–H groups in total. The SMILES string of the molecule is CCCCCN1C(=O)C2CCCN2C(=O)C1C(C)C. The largest absolute Gasteiger partial charge is 0.329 e. The molecule has 2 atom stereocenters. The molecule has 0 aromatic carbocycles. The van der Waals surface area contributed by atoms with Crippen molar-refractivity contribution in [3.05, 3.63) is 0 Å². The molecule has 0 aromatic rings. The number of amides is 2. The van der Waals surface area contributed by atoms with E-state index in [2.05, 4.69) is 6.92 Å². The second-order valence-corrected chi connectivity index (χ2v) is 6.12. The monoisotopic (exact) mass is 266 g/mol. The lowest BCUT2D eigenvalue weighted by atomic mass is 9.95. The third-order valence-electron chi connectivity index (χ3n) is 4.33. The first-order valence-electron chi connectivity index (χ1n) is 7.69. The van der Waals surface area contributed by atoms with E-state index in [0.717, 1.165) is 45.2 Å². The number of hydrogen-bond donors (Lipinski definition) is 0. The van der Waals surface area contributed by atoms with Gasteiger partial charge in [-0.05, 0) is 25.2 Å². The van der Waals surface area contributed by atoms with Gasteiger partial charge in [-0.1, -0.05) is 33.6 Å². The van der Waals surface area contributed by atoms with Crippen molar-refractivity contribution < 1.29 is 9.59 Å². The smallest absolute Gasteiger partial charge is 0.246 e. The van der Waals surface area contributed by atoms with Crippen LogP contribution in [0.2, 0.25) is 0 Å². The Kier molecular flexibility index (Phi) is 4.48. The van der Waals surface area contributed by atoms with Crippen LogP contribution in [0.5, 0.6) is 0 Å². The topological polar surface area (TPSA) is 40.6 Å². The molecule has 108 valence electrons. The Labute approximate surface area is 116 Å². The number of rotatable bonds is 5. The fraction of sp³-hybridized carbons (Fsp3) is 0.867. The molecule has 4 heteroatoms. The molecule has 0 saturated carbocycles. The third-order valence-corrected chi connectivity index (χ3v) is 4.33. The molecule has 2 rings (SSSR count). The molecule has 2 aliphatic heterocycles. The van der Waals surface area contributed by atoms with Gasteiger partial charge in [0.1, 0.15) is 12.1 Å². The van der Waals surface area contributed by atoms with Crippen LogP contribution in [-0.4, -0.2) is 46.8 Å². The number of carbonyl (C=O) groups is 2. The number of hydrogen-bond acceptors (Lipinski definition) is 2. The molecule has 2 aliphatic rings. The second-order valence-electron chi connectivity index (χ2n) is 6.12. The number of unbranched alkanes of at least 4 members (excludes halogenated alkanes) is 2. The van der Waals surface area contributed by atoms with Gasteiger partial charge in [0.2, 0.25) is 11.8 Å². The van der Waals surface area contributed by atoms with E-state index in [1.807, 2.05) is 23.6 Å². The van der Waals surface area contributed by atoms with Gasteiger partial charge in [-0.2, -0.15) is 0 Å². The van der Waals surface area contributed by atoms with E-state index in [1.54, 1.807) is 0 Å². The standard InChI is InChI=1S/C15H26N2O2/c1-4-5-6-9-17-13(11(2)3)15(19)16-10-7-8-12(16)14(17)18/h11-13H,4-10H2,1-3H3. The summed E-state index contributed by atoms with van der Waals surface area (Å²) < 4.78 is 0. The molecule has 19 heavy (non-hydrogen) atoms.